The van der Waals surface area contributed by atoms with Gasteiger partial charge in [-0.25, -0.2) is 0 Å². The molecular weight excluding hydrogens is 262 g/mol. The second kappa shape index (κ2) is 4.99. The minimum atomic E-state index is -0.235. The Morgan fingerprint density at radius 1 is 1.59 bits per heavy atom. The molecule has 2 aromatic heterocycles. The number of methoxy groups -OCH3 is 1. The van der Waals surface area contributed by atoms with Crippen LogP contribution in [0.3, 0.4) is 0 Å². The Morgan fingerprint density at radius 2 is 2.35 bits per heavy atom. The molecule has 92 valence electrons. The molecule has 2 aromatic rings. The Kier molecular flexibility index (Phi) is 3.60. The zero-order valence-electron chi connectivity index (χ0n) is 9.30. The third-order valence-corrected chi connectivity index (χ3v) is 3.34. The van der Waals surface area contributed by atoms with E-state index < -0.39 is 0 Å². The van der Waals surface area contributed by atoms with Crippen molar-refractivity contribution in [3.63, 3.8) is 0 Å². The zero-order valence-corrected chi connectivity index (χ0v) is 11.0. The fourth-order valence-electron chi connectivity index (χ4n) is 1.55. The van der Waals surface area contributed by atoms with Gasteiger partial charge in [-0.2, -0.15) is 4.74 Å². The zero-order chi connectivity index (χ0) is 12.4. The van der Waals surface area contributed by atoms with Gasteiger partial charge in [-0.15, -0.1) is 11.3 Å². The highest BCUT2D eigenvalue weighted by Gasteiger charge is 2.21. The fraction of sp³-hybridized carbons (Fsp3) is 0.300. The van der Waals surface area contributed by atoms with Crippen LogP contribution >= 0.6 is 24.2 Å². The lowest BCUT2D eigenvalue weighted by Gasteiger charge is -2.00. The number of hydrogen-bond acceptors (Lipinski definition) is 6. The van der Waals surface area contributed by atoms with Crippen LogP contribution in [-0.4, -0.2) is 11.8 Å². The third kappa shape index (κ3) is 2.13. The Hall–Kier alpha value is -1.18. The topological polar surface area (TPSA) is 53.6 Å². The molecule has 0 unspecified atom stereocenters. The van der Waals surface area contributed by atoms with Crippen LogP contribution in [0.4, 0.5) is 0 Å². The number of ether oxygens (including phenoxy) is 1. The van der Waals surface area contributed by atoms with Crippen molar-refractivity contribution >= 4 is 24.2 Å². The van der Waals surface area contributed by atoms with Crippen molar-refractivity contribution in [2.75, 3.05) is 7.11 Å². The van der Waals surface area contributed by atoms with Crippen molar-refractivity contribution in [2.45, 2.75) is 6.61 Å². The van der Waals surface area contributed by atoms with Crippen molar-refractivity contribution in [1.29, 1.82) is 0 Å². The monoisotopic (exact) mass is 273 g/mol. The summed E-state index contributed by atoms with van der Waals surface area (Å²) >= 11 is 5.20. The van der Waals surface area contributed by atoms with Crippen LogP contribution in [0.2, 0.25) is 0 Å². The van der Waals surface area contributed by atoms with Crippen LogP contribution in [0, 0.1) is 0 Å². The summed E-state index contributed by atoms with van der Waals surface area (Å²) in [6, 6.07) is 1.83. The average molecular weight is 273 g/mol. The Labute approximate surface area is 107 Å². The smallest absolute Gasteiger partial charge is 0.320 e. The maximum atomic E-state index is 11.9. The summed E-state index contributed by atoms with van der Waals surface area (Å²) in [5, 5.41) is 1.88. The Bertz CT molecular complexity index is 569. The average Bonchev–Trinajstić information content (AvgIpc) is 2.86. The van der Waals surface area contributed by atoms with Crippen LogP contribution in [0.15, 0.2) is 20.8 Å². The Balaban J connectivity index is 2.59. The molecule has 0 aliphatic heterocycles. The molecule has 0 saturated carbocycles. The van der Waals surface area contributed by atoms with Crippen LogP contribution in [-0.2, 0) is 17.8 Å². The number of aryl methyl sites for hydroxylation is 1. The normalized spacial score (nSPS) is 10.8. The third-order valence-electron chi connectivity index (χ3n) is 2.32. The lowest BCUT2D eigenvalue weighted by Crippen LogP contribution is -2.11. The summed E-state index contributed by atoms with van der Waals surface area (Å²) in [5.74, 6) is 0.205. The maximum absolute atomic E-state index is 11.9. The molecule has 0 N–H and O–H groups in total. The number of rotatable bonds is 4. The molecule has 17 heavy (non-hydrogen) atoms. The lowest BCUT2D eigenvalue weighted by molar-refractivity contribution is 0.208. The first kappa shape index (κ1) is 12.3. The van der Waals surface area contributed by atoms with E-state index in [1.54, 1.807) is 0 Å². The first-order valence-corrected chi connectivity index (χ1v) is 6.01. The van der Waals surface area contributed by atoms with Gasteiger partial charge in [0.2, 0.25) is 0 Å². The summed E-state index contributed by atoms with van der Waals surface area (Å²) in [7, 11) is 3.00. The van der Waals surface area contributed by atoms with Crippen LogP contribution in [0.25, 0.3) is 11.1 Å². The van der Waals surface area contributed by atoms with Crippen molar-refractivity contribution in [1.82, 2.24) is 4.74 Å². The number of aromatic nitrogens is 1. The van der Waals surface area contributed by atoms with Crippen molar-refractivity contribution in [2.24, 2.45) is 7.05 Å². The van der Waals surface area contributed by atoms with Gasteiger partial charge in [-0.1, -0.05) is 0 Å². The molecule has 0 amide bonds. The van der Waals surface area contributed by atoms with Crippen LogP contribution in [0.1, 0.15) is 4.88 Å². The first-order valence-electron chi connectivity index (χ1n) is 4.76. The number of thiol groups is 1. The first-order chi connectivity index (χ1) is 8.19. The predicted molar refractivity (Wildman–Crippen MR) is 67.6 cm³/mol. The van der Waals surface area contributed by atoms with E-state index >= 15 is 0 Å². The van der Waals surface area contributed by atoms with E-state index in [9.17, 15) is 4.79 Å². The fourth-order valence-corrected chi connectivity index (χ4v) is 2.56. The molecule has 2 heterocycles. The van der Waals surface area contributed by atoms with Gasteiger partial charge < -0.3 is 13.4 Å². The molecule has 0 aromatic carbocycles. The SMILES string of the molecule is COc1on(C)c(=O)c1-c1ccsc1COS. The molecule has 0 atom stereocenters. The largest absolute Gasteiger partial charge is 0.467 e. The molecule has 0 fully saturated rings. The molecule has 0 aliphatic rings. The summed E-state index contributed by atoms with van der Waals surface area (Å²) in [6.07, 6.45) is 0. The molecule has 7 heteroatoms. The highest BCUT2D eigenvalue weighted by molar-refractivity contribution is 7.75. The number of nitrogens with zero attached hydrogens (tertiary/aromatic N) is 1. The van der Waals surface area contributed by atoms with Crippen molar-refractivity contribution in [3.05, 3.63) is 26.7 Å². The summed E-state index contributed by atoms with van der Waals surface area (Å²) in [4.78, 5) is 12.8. The van der Waals surface area contributed by atoms with Gasteiger partial charge in [-0.3, -0.25) is 4.79 Å². The molecule has 0 spiro atoms. The van der Waals surface area contributed by atoms with Gasteiger partial charge in [0, 0.05) is 17.5 Å². The second-order valence-corrected chi connectivity index (χ2v) is 4.55. The molecule has 0 radical (unpaired) electrons. The summed E-state index contributed by atoms with van der Waals surface area (Å²) < 4.78 is 16.2. The van der Waals surface area contributed by atoms with Crippen LogP contribution < -0.4 is 10.3 Å². The van der Waals surface area contributed by atoms with Gasteiger partial charge in [0.25, 0.3) is 5.56 Å². The van der Waals surface area contributed by atoms with E-state index in [1.807, 2.05) is 11.4 Å². The molecule has 0 saturated heterocycles. The molecular formula is C10H11NO4S2. The lowest BCUT2D eigenvalue weighted by atomic mass is 10.1. The minimum absolute atomic E-state index is 0.205. The summed E-state index contributed by atoms with van der Waals surface area (Å²) in [5.41, 5.74) is 0.938. The van der Waals surface area contributed by atoms with Crippen molar-refractivity contribution < 1.29 is 13.4 Å². The molecule has 5 nitrogen and oxygen atoms in total. The van der Waals surface area contributed by atoms with Gasteiger partial charge >= 0.3 is 5.95 Å². The summed E-state index contributed by atoms with van der Waals surface area (Å²) in [6.45, 7) is 0.327. The van der Waals surface area contributed by atoms with E-state index in [4.69, 9.17) is 13.4 Å². The highest BCUT2D eigenvalue weighted by Crippen LogP contribution is 2.33. The number of hydrogen-bond donors (Lipinski definition) is 1. The van der Waals surface area contributed by atoms with E-state index in [0.29, 0.717) is 12.2 Å². The van der Waals surface area contributed by atoms with Gasteiger partial charge in [0.1, 0.15) is 5.56 Å². The van der Waals surface area contributed by atoms with Gasteiger partial charge in [0.15, 0.2) is 0 Å². The van der Waals surface area contributed by atoms with Gasteiger partial charge in [0.05, 0.1) is 13.7 Å². The predicted octanol–water partition coefficient (Wildman–Crippen LogP) is 2.08. The second-order valence-electron chi connectivity index (χ2n) is 3.29. The van der Waals surface area contributed by atoms with Crippen molar-refractivity contribution in [3.8, 4) is 17.1 Å². The van der Waals surface area contributed by atoms with E-state index in [2.05, 4.69) is 12.9 Å². The van der Waals surface area contributed by atoms with E-state index in [-0.39, 0.29) is 11.5 Å². The maximum Gasteiger partial charge on any atom is 0.320 e. The van der Waals surface area contributed by atoms with Gasteiger partial charge in [-0.05, 0) is 24.4 Å². The highest BCUT2D eigenvalue weighted by atomic mass is 32.1. The quantitative estimate of drug-likeness (QED) is 0.684. The Morgan fingerprint density at radius 3 is 3.00 bits per heavy atom. The standard InChI is InChI=1S/C10H11NO4S2/c1-11-9(12)8(10(13-2)15-11)6-3-4-17-7(6)5-14-16/h3-4,16H,5H2,1-2H3. The molecule has 2 rings (SSSR count). The van der Waals surface area contributed by atoms with E-state index in [1.165, 1.54) is 25.5 Å². The molecule has 0 bridgehead atoms. The number of thiophene rings is 1. The van der Waals surface area contributed by atoms with Crippen LogP contribution in [0.5, 0.6) is 5.95 Å². The minimum Gasteiger partial charge on any atom is -0.467 e. The van der Waals surface area contributed by atoms with E-state index in [0.717, 1.165) is 15.2 Å². The molecule has 0 aliphatic carbocycles.